The Morgan fingerprint density at radius 2 is 2.08 bits per heavy atom. The highest BCUT2D eigenvalue weighted by Gasteiger charge is 2.40. The zero-order chi connectivity index (χ0) is 17.2. The molecular formula is C16H19N3O4S. The maximum absolute atomic E-state index is 12.3. The van der Waals surface area contributed by atoms with Crippen molar-refractivity contribution in [3.63, 3.8) is 0 Å². The van der Waals surface area contributed by atoms with Crippen LogP contribution in [0.2, 0.25) is 0 Å². The molecule has 2 heterocycles. The number of fused-ring (bicyclic) bond motifs is 1. The molecule has 2 aromatic heterocycles. The van der Waals surface area contributed by atoms with E-state index in [4.69, 9.17) is 0 Å². The maximum Gasteiger partial charge on any atom is 0.329 e. The van der Waals surface area contributed by atoms with Crippen molar-refractivity contribution in [2.24, 2.45) is 0 Å². The van der Waals surface area contributed by atoms with Gasteiger partial charge in [-0.15, -0.1) is 11.3 Å². The standard InChI is InChI=1S/C16H19N3O4S/c20-12(18-16(15(22)23)6-2-1-3-7-16)4-8-19-10-17-13-11(14(19)21)5-9-24-13/h5,9-10H,1-4,6-8H2,(H,18,20)(H,22,23). The van der Waals surface area contributed by atoms with Crippen LogP contribution in [0.25, 0.3) is 10.2 Å². The van der Waals surface area contributed by atoms with Gasteiger partial charge in [-0.3, -0.25) is 14.2 Å². The van der Waals surface area contributed by atoms with Gasteiger partial charge >= 0.3 is 5.97 Å². The van der Waals surface area contributed by atoms with E-state index in [1.165, 1.54) is 22.2 Å². The van der Waals surface area contributed by atoms with Crippen LogP contribution in [0.1, 0.15) is 38.5 Å². The SMILES string of the molecule is O=C(CCn1cnc2sccc2c1=O)NC1(C(=O)O)CCCCC1. The number of carboxylic acids is 1. The molecular weight excluding hydrogens is 330 g/mol. The molecule has 0 aliphatic heterocycles. The molecule has 1 fully saturated rings. The molecule has 0 spiro atoms. The van der Waals surface area contributed by atoms with Crippen molar-refractivity contribution in [1.29, 1.82) is 0 Å². The highest BCUT2D eigenvalue weighted by atomic mass is 32.1. The summed E-state index contributed by atoms with van der Waals surface area (Å²) in [5.74, 6) is -1.33. The number of carboxylic acid groups (broad SMARTS) is 1. The first-order chi connectivity index (χ1) is 11.5. The molecule has 2 N–H and O–H groups in total. The monoisotopic (exact) mass is 349 g/mol. The Morgan fingerprint density at radius 1 is 1.33 bits per heavy atom. The van der Waals surface area contributed by atoms with Gasteiger partial charge in [-0.25, -0.2) is 9.78 Å². The molecule has 0 bridgehead atoms. The van der Waals surface area contributed by atoms with Gasteiger partial charge in [0, 0.05) is 13.0 Å². The third kappa shape index (κ3) is 3.19. The number of amides is 1. The first kappa shape index (κ1) is 16.6. The lowest BCUT2D eigenvalue weighted by molar-refractivity contribution is -0.149. The summed E-state index contributed by atoms with van der Waals surface area (Å²) >= 11 is 1.39. The Bertz CT molecular complexity index is 820. The van der Waals surface area contributed by atoms with Crippen LogP contribution in [-0.4, -0.2) is 32.1 Å². The molecule has 1 amide bonds. The summed E-state index contributed by atoms with van der Waals surface area (Å²) in [6.45, 7) is 0.180. The fourth-order valence-electron chi connectivity index (χ4n) is 3.15. The van der Waals surface area contributed by atoms with E-state index in [-0.39, 0.29) is 24.4 Å². The molecule has 1 aliphatic rings. The van der Waals surface area contributed by atoms with Crippen LogP contribution in [0.5, 0.6) is 0 Å². The lowest BCUT2D eigenvalue weighted by Crippen LogP contribution is -2.55. The fraction of sp³-hybridized carbons (Fsp3) is 0.500. The van der Waals surface area contributed by atoms with E-state index in [9.17, 15) is 19.5 Å². The number of aliphatic carboxylic acids is 1. The van der Waals surface area contributed by atoms with Gasteiger partial charge in [-0.2, -0.15) is 0 Å². The summed E-state index contributed by atoms with van der Waals surface area (Å²) in [4.78, 5) is 40.9. The van der Waals surface area contributed by atoms with Crippen molar-refractivity contribution < 1.29 is 14.7 Å². The van der Waals surface area contributed by atoms with E-state index in [1.54, 1.807) is 11.4 Å². The average Bonchev–Trinajstić information content (AvgIpc) is 3.04. The van der Waals surface area contributed by atoms with Gasteiger partial charge in [-0.1, -0.05) is 19.3 Å². The zero-order valence-corrected chi connectivity index (χ0v) is 14.0. The Hall–Kier alpha value is -2.22. The summed E-state index contributed by atoms with van der Waals surface area (Å²) in [5.41, 5.74) is -1.34. The Balaban J connectivity index is 1.67. The summed E-state index contributed by atoms with van der Waals surface area (Å²) in [7, 11) is 0. The van der Waals surface area contributed by atoms with Crippen molar-refractivity contribution in [3.8, 4) is 0 Å². The number of aryl methyl sites for hydroxylation is 1. The minimum absolute atomic E-state index is 0.0479. The summed E-state index contributed by atoms with van der Waals surface area (Å²) < 4.78 is 1.39. The number of nitrogens with one attached hydrogen (secondary N) is 1. The molecule has 1 aliphatic carbocycles. The molecule has 0 atom stereocenters. The van der Waals surface area contributed by atoms with E-state index < -0.39 is 11.5 Å². The number of carbonyl (C=O) groups is 2. The maximum atomic E-state index is 12.3. The van der Waals surface area contributed by atoms with Gasteiger partial charge in [0.25, 0.3) is 5.56 Å². The highest BCUT2D eigenvalue weighted by Crippen LogP contribution is 2.28. The molecule has 0 saturated heterocycles. The molecule has 8 heteroatoms. The van der Waals surface area contributed by atoms with Crippen LogP contribution in [0, 0.1) is 0 Å². The van der Waals surface area contributed by atoms with E-state index in [2.05, 4.69) is 10.3 Å². The predicted molar refractivity (Wildman–Crippen MR) is 90.1 cm³/mol. The smallest absolute Gasteiger partial charge is 0.329 e. The highest BCUT2D eigenvalue weighted by molar-refractivity contribution is 7.16. The second kappa shape index (κ2) is 6.72. The van der Waals surface area contributed by atoms with E-state index >= 15 is 0 Å². The molecule has 2 aromatic rings. The quantitative estimate of drug-likeness (QED) is 0.856. The van der Waals surface area contributed by atoms with Gasteiger partial charge < -0.3 is 10.4 Å². The molecule has 0 aromatic carbocycles. The molecule has 24 heavy (non-hydrogen) atoms. The molecule has 0 unspecified atom stereocenters. The van der Waals surface area contributed by atoms with Gasteiger partial charge in [0.2, 0.25) is 5.91 Å². The van der Waals surface area contributed by atoms with Crippen molar-refractivity contribution in [3.05, 3.63) is 28.1 Å². The predicted octanol–water partition coefficient (Wildman–Crippen LogP) is 1.75. The number of nitrogens with zero attached hydrogens (tertiary/aromatic N) is 2. The average molecular weight is 349 g/mol. The number of hydrogen-bond donors (Lipinski definition) is 2. The third-order valence-corrected chi connectivity index (χ3v) is 5.35. The van der Waals surface area contributed by atoms with Gasteiger partial charge in [0.15, 0.2) is 0 Å². The normalized spacial score (nSPS) is 16.8. The van der Waals surface area contributed by atoms with E-state index in [1.807, 2.05) is 0 Å². The topological polar surface area (TPSA) is 101 Å². The second-order valence-electron chi connectivity index (χ2n) is 6.13. The lowest BCUT2D eigenvalue weighted by Gasteiger charge is -2.34. The molecule has 128 valence electrons. The van der Waals surface area contributed by atoms with Crippen molar-refractivity contribution in [2.75, 3.05) is 0 Å². The molecule has 3 rings (SSSR count). The van der Waals surface area contributed by atoms with Crippen molar-refractivity contribution in [1.82, 2.24) is 14.9 Å². The van der Waals surface area contributed by atoms with Gasteiger partial charge in [0.1, 0.15) is 10.4 Å². The minimum atomic E-state index is -1.16. The van der Waals surface area contributed by atoms with Gasteiger partial charge in [-0.05, 0) is 24.3 Å². The van der Waals surface area contributed by atoms with E-state index in [0.29, 0.717) is 23.1 Å². The van der Waals surface area contributed by atoms with Crippen LogP contribution in [0.15, 0.2) is 22.6 Å². The van der Waals surface area contributed by atoms with Gasteiger partial charge in [0.05, 0.1) is 11.7 Å². The largest absolute Gasteiger partial charge is 0.480 e. The van der Waals surface area contributed by atoms with Crippen LogP contribution < -0.4 is 10.9 Å². The fourth-order valence-corrected chi connectivity index (χ4v) is 3.87. The molecule has 7 nitrogen and oxygen atoms in total. The van der Waals surface area contributed by atoms with Crippen molar-refractivity contribution >= 4 is 33.4 Å². The lowest BCUT2D eigenvalue weighted by atomic mass is 9.81. The van der Waals surface area contributed by atoms with Crippen LogP contribution in [0.4, 0.5) is 0 Å². The Kier molecular flexibility index (Phi) is 4.66. The Labute approximate surface area is 142 Å². The molecule has 1 saturated carbocycles. The number of thiophene rings is 1. The first-order valence-corrected chi connectivity index (χ1v) is 8.87. The van der Waals surface area contributed by atoms with E-state index in [0.717, 1.165) is 19.3 Å². The van der Waals surface area contributed by atoms with Crippen LogP contribution in [-0.2, 0) is 16.1 Å². The first-order valence-electron chi connectivity index (χ1n) is 7.99. The minimum Gasteiger partial charge on any atom is -0.480 e. The second-order valence-corrected chi connectivity index (χ2v) is 7.02. The summed E-state index contributed by atoms with van der Waals surface area (Å²) in [5, 5.41) is 14.5. The van der Waals surface area contributed by atoms with Crippen LogP contribution >= 0.6 is 11.3 Å². The summed E-state index contributed by atoms with van der Waals surface area (Å²) in [6, 6.07) is 1.72. The third-order valence-electron chi connectivity index (χ3n) is 4.53. The Morgan fingerprint density at radius 3 is 2.79 bits per heavy atom. The number of hydrogen-bond acceptors (Lipinski definition) is 5. The zero-order valence-electron chi connectivity index (χ0n) is 13.2. The number of carbonyl (C=O) groups excluding carboxylic acids is 1. The summed E-state index contributed by atoms with van der Waals surface area (Å²) in [6.07, 6.45) is 4.98. The number of aromatic nitrogens is 2. The number of rotatable bonds is 5. The molecule has 0 radical (unpaired) electrons. The van der Waals surface area contributed by atoms with Crippen LogP contribution in [0.3, 0.4) is 0 Å². The van der Waals surface area contributed by atoms with Crippen molar-refractivity contribution in [2.45, 2.75) is 50.6 Å².